The van der Waals surface area contributed by atoms with Gasteiger partial charge in [0.15, 0.2) is 0 Å². The molecule has 0 heterocycles. The molecule has 0 atom stereocenters. The molecule has 1 rings (SSSR count). The molecule has 1 aromatic carbocycles. The number of ether oxygens (including phenoxy) is 2. The Morgan fingerprint density at radius 3 is 2.33 bits per heavy atom. The van der Waals surface area contributed by atoms with Gasteiger partial charge in [-0.05, 0) is 20.8 Å². The summed E-state index contributed by atoms with van der Waals surface area (Å²) < 4.78 is 10.8. The molecular formula is C11H15BrO2Zn. The molecule has 1 aromatic rings. The Bertz CT molecular complexity index is 284. The fourth-order valence-electron chi connectivity index (χ4n) is 0.975. The van der Waals surface area contributed by atoms with E-state index in [2.05, 4.69) is 19.7 Å². The normalized spacial score (nSPS) is 10.1. The summed E-state index contributed by atoms with van der Waals surface area (Å²) in [4.78, 5) is 0. The van der Waals surface area contributed by atoms with E-state index in [1.165, 1.54) is 16.3 Å². The first-order valence-corrected chi connectivity index (χ1v) is 11.5. The molecule has 0 radical (unpaired) electrons. The standard InChI is InChI=1S/C11H15O2.BrH.Zn/c1-11(2,3)13-10-8-6-5-7-9(10)12-4;;/h6-8H,1-4H3;1H;/q-1;;+2/p-1. The molecule has 0 spiro atoms. The summed E-state index contributed by atoms with van der Waals surface area (Å²) in [5.74, 6) is 1.48. The predicted octanol–water partition coefficient (Wildman–Crippen LogP) is 3.52. The first kappa shape index (κ1) is 14.9. The van der Waals surface area contributed by atoms with Crippen molar-refractivity contribution in [1.29, 1.82) is 0 Å². The first-order chi connectivity index (χ1) is 7.03. The number of hydrogen-bond acceptors (Lipinski definition) is 2. The Kier molecular flexibility index (Phi) is 7.20. The zero-order valence-corrected chi connectivity index (χ0v) is 14.2. The molecule has 0 N–H and O–H groups in total. The van der Waals surface area contributed by atoms with Crippen molar-refractivity contribution in [2.75, 3.05) is 7.11 Å². The Morgan fingerprint density at radius 2 is 1.87 bits per heavy atom. The molecule has 0 aromatic heterocycles. The maximum absolute atomic E-state index is 5.68. The molecule has 0 fully saturated rings. The number of hydrogen-bond donors (Lipinski definition) is 0. The van der Waals surface area contributed by atoms with Gasteiger partial charge in [-0.1, -0.05) is 0 Å². The van der Waals surface area contributed by atoms with Gasteiger partial charge in [-0.15, -0.1) is 12.1 Å². The van der Waals surface area contributed by atoms with Gasteiger partial charge in [-0.2, -0.15) is 12.1 Å². The minimum atomic E-state index is -0.200. The second-order valence-corrected chi connectivity index (χ2v) is 3.79. The van der Waals surface area contributed by atoms with Crippen LogP contribution in [0.1, 0.15) is 20.8 Å². The number of rotatable bonds is 2. The van der Waals surface area contributed by atoms with Gasteiger partial charge in [0.25, 0.3) is 0 Å². The van der Waals surface area contributed by atoms with E-state index in [0.717, 1.165) is 11.5 Å². The third-order valence-corrected chi connectivity index (χ3v) is 1.42. The van der Waals surface area contributed by atoms with Crippen LogP contribution < -0.4 is 9.47 Å². The van der Waals surface area contributed by atoms with Gasteiger partial charge in [-0.25, -0.2) is 0 Å². The molecular weight excluding hydrogens is 309 g/mol. The van der Waals surface area contributed by atoms with Gasteiger partial charge in [0.05, 0.1) is 18.5 Å². The van der Waals surface area contributed by atoms with Gasteiger partial charge < -0.3 is 9.47 Å². The van der Waals surface area contributed by atoms with Crippen molar-refractivity contribution in [2.45, 2.75) is 26.4 Å². The zero-order chi connectivity index (χ0) is 11.9. The van der Waals surface area contributed by atoms with Crippen LogP contribution in [0.3, 0.4) is 0 Å². The van der Waals surface area contributed by atoms with Crippen LogP contribution in [-0.4, -0.2) is 12.7 Å². The Morgan fingerprint density at radius 1 is 1.27 bits per heavy atom. The summed E-state index contributed by atoms with van der Waals surface area (Å²) in [5, 5.41) is 0. The van der Waals surface area contributed by atoms with Crippen molar-refractivity contribution in [3.05, 3.63) is 24.3 Å². The number of halogens is 1. The van der Waals surface area contributed by atoms with Crippen LogP contribution in [0.25, 0.3) is 0 Å². The van der Waals surface area contributed by atoms with Crippen molar-refractivity contribution in [3.63, 3.8) is 0 Å². The van der Waals surface area contributed by atoms with Gasteiger partial charge in [-0.3, -0.25) is 0 Å². The van der Waals surface area contributed by atoms with Crippen LogP contribution in [0.2, 0.25) is 0 Å². The molecule has 0 amide bonds. The van der Waals surface area contributed by atoms with Gasteiger partial charge in [0.1, 0.15) is 0 Å². The molecule has 4 heteroatoms. The summed E-state index contributed by atoms with van der Waals surface area (Å²) in [5.41, 5.74) is -0.200. The minimum absolute atomic E-state index is 0.200. The second-order valence-electron chi connectivity index (χ2n) is 3.79. The van der Waals surface area contributed by atoms with Crippen molar-refractivity contribution in [3.8, 4) is 11.5 Å². The third kappa shape index (κ3) is 6.16. The van der Waals surface area contributed by atoms with Gasteiger partial charge in [0.2, 0.25) is 0 Å². The van der Waals surface area contributed by atoms with E-state index in [4.69, 9.17) is 9.47 Å². The van der Waals surface area contributed by atoms with Crippen LogP contribution in [0.15, 0.2) is 18.2 Å². The fourth-order valence-corrected chi connectivity index (χ4v) is 0.975. The Hall–Kier alpha value is -0.0766. The van der Waals surface area contributed by atoms with E-state index >= 15 is 0 Å². The summed E-state index contributed by atoms with van der Waals surface area (Å²) in [6, 6.07) is 8.36. The van der Waals surface area contributed by atoms with Crippen LogP contribution in [0.5, 0.6) is 11.5 Å². The van der Waals surface area contributed by atoms with E-state index in [1.807, 2.05) is 32.9 Å². The molecule has 0 aliphatic heterocycles. The number of benzene rings is 1. The van der Waals surface area contributed by atoms with Crippen LogP contribution >= 0.6 is 13.6 Å². The molecule has 0 bridgehead atoms. The van der Waals surface area contributed by atoms with Gasteiger partial charge >= 0.3 is 30.0 Å². The molecule has 0 saturated carbocycles. The maximum atomic E-state index is 5.68. The molecule has 0 saturated heterocycles. The average molecular weight is 325 g/mol. The predicted molar refractivity (Wildman–Crippen MR) is 61.1 cm³/mol. The molecule has 15 heavy (non-hydrogen) atoms. The van der Waals surface area contributed by atoms with E-state index in [1.54, 1.807) is 13.2 Å². The van der Waals surface area contributed by atoms with Crippen LogP contribution in [0, 0.1) is 6.07 Å². The molecule has 2 nitrogen and oxygen atoms in total. The van der Waals surface area contributed by atoms with E-state index in [0.29, 0.717) is 0 Å². The van der Waals surface area contributed by atoms with Crippen LogP contribution in [-0.2, 0) is 16.3 Å². The zero-order valence-electron chi connectivity index (χ0n) is 9.63. The van der Waals surface area contributed by atoms with Crippen molar-refractivity contribution in [2.24, 2.45) is 0 Å². The van der Waals surface area contributed by atoms with E-state index < -0.39 is 0 Å². The van der Waals surface area contributed by atoms with Gasteiger partial charge in [0, 0.05) is 5.75 Å². The Balaban J connectivity index is 0.000000921. The summed E-state index contributed by atoms with van der Waals surface area (Å²) in [7, 11) is 1.62. The molecule has 0 unspecified atom stereocenters. The summed E-state index contributed by atoms with van der Waals surface area (Å²) in [6.45, 7) is 6.01. The van der Waals surface area contributed by atoms with Crippen molar-refractivity contribution < 1.29 is 25.8 Å². The monoisotopic (exact) mass is 322 g/mol. The SMILES string of the molecule is COc1c[c-]ccc1OC(C)(C)C.[Zn+][Br]. The fraction of sp³-hybridized carbons (Fsp3) is 0.455. The average Bonchev–Trinajstić information content (AvgIpc) is 2.19. The third-order valence-electron chi connectivity index (χ3n) is 1.42. The van der Waals surface area contributed by atoms with Crippen molar-refractivity contribution >= 4 is 13.6 Å². The van der Waals surface area contributed by atoms with Crippen LogP contribution in [0.4, 0.5) is 0 Å². The summed E-state index contributed by atoms with van der Waals surface area (Å²) >= 11 is 4.25. The molecule has 0 aliphatic carbocycles. The quantitative estimate of drug-likeness (QED) is 0.612. The second kappa shape index (κ2) is 7.24. The first-order valence-electron chi connectivity index (χ1n) is 4.53. The topological polar surface area (TPSA) is 18.5 Å². The van der Waals surface area contributed by atoms with Crippen molar-refractivity contribution in [1.82, 2.24) is 0 Å². The number of methoxy groups -OCH3 is 1. The summed E-state index contributed by atoms with van der Waals surface area (Å²) in [6.07, 6.45) is 0. The molecule has 0 aliphatic rings. The van der Waals surface area contributed by atoms with E-state index in [9.17, 15) is 0 Å². The van der Waals surface area contributed by atoms with E-state index in [-0.39, 0.29) is 5.60 Å². The Labute approximate surface area is 108 Å². The molecule has 80 valence electrons.